The molecule has 2 heterocycles. The van der Waals surface area contributed by atoms with E-state index in [0.717, 1.165) is 0 Å². The van der Waals surface area contributed by atoms with Crippen molar-refractivity contribution in [3.8, 4) is 0 Å². The fourth-order valence-electron chi connectivity index (χ4n) is 1.87. The molecular weight excluding hydrogens is 222 g/mol. The number of hydrogen-bond donors (Lipinski definition) is 2. The van der Waals surface area contributed by atoms with Crippen molar-refractivity contribution in [2.75, 3.05) is 0 Å². The summed E-state index contributed by atoms with van der Waals surface area (Å²) in [4.78, 5) is 25.0. The van der Waals surface area contributed by atoms with Crippen LogP contribution in [0.15, 0.2) is 39.5 Å². The Balaban J connectivity index is 2.56. The summed E-state index contributed by atoms with van der Waals surface area (Å²) in [6.07, 6.45) is 0. The fourth-order valence-corrected chi connectivity index (χ4v) is 1.87. The predicted octanol–water partition coefficient (Wildman–Crippen LogP) is 1.97. The largest absolute Gasteiger partial charge is 0.477 e. The number of carboxylic acids is 1. The van der Waals surface area contributed by atoms with Gasteiger partial charge in [-0.3, -0.25) is 0 Å². The normalized spacial score (nSPS) is 11.1. The topological polar surface area (TPSA) is 83.3 Å². The first-order valence-corrected chi connectivity index (χ1v) is 4.94. The van der Waals surface area contributed by atoms with Gasteiger partial charge < -0.3 is 14.5 Å². The lowest BCUT2D eigenvalue weighted by molar-refractivity contribution is 0.0691. The highest BCUT2D eigenvalue weighted by Crippen LogP contribution is 2.23. The van der Waals surface area contributed by atoms with Gasteiger partial charge >= 0.3 is 11.6 Å². The third kappa shape index (κ3) is 1.32. The number of carboxylic acid groups (broad SMARTS) is 1. The molecule has 0 unspecified atom stereocenters. The molecule has 1 aromatic carbocycles. The standard InChI is InChI=1S/C12H7NO4/c14-11(15)8-5-7-6-3-1-2-4-9(6)17-12(16)10(7)13-8/h1-5,13H,(H,14,15). The number of benzene rings is 1. The van der Waals surface area contributed by atoms with Gasteiger partial charge in [0, 0.05) is 10.8 Å². The molecule has 0 bridgehead atoms. The van der Waals surface area contributed by atoms with Crippen molar-refractivity contribution in [3.63, 3.8) is 0 Å². The zero-order chi connectivity index (χ0) is 12.0. The number of para-hydroxylation sites is 1. The number of H-pyrrole nitrogens is 1. The monoisotopic (exact) mass is 229 g/mol. The molecule has 5 nitrogen and oxygen atoms in total. The molecule has 0 spiro atoms. The van der Waals surface area contributed by atoms with Crippen LogP contribution < -0.4 is 5.63 Å². The van der Waals surface area contributed by atoms with Crippen LogP contribution in [0.4, 0.5) is 0 Å². The number of hydrogen-bond acceptors (Lipinski definition) is 3. The summed E-state index contributed by atoms with van der Waals surface area (Å²) in [5.74, 6) is -1.11. The van der Waals surface area contributed by atoms with Gasteiger partial charge in [-0.15, -0.1) is 0 Å². The molecule has 0 amide bonds. The van der Waals surface area contributed by atoms with Crippen LogP contribution in [0.25, 0.3) is 21.9 Å². The first-order valence-electron chi connectivity index (χ1n) is 4.94. The van der Waals surface area contributed by atoms with E-state index in [1.165, 1.54) is 6.07 Å². The van der Waals surface area contributed by atoms with E-state index in [2.05, 4.69) is 4.98 Å². The maximum Gasteiger partial charge on any atom is 0.360 e. The number of nitrogens with one attached hydrogen (secondary N) is 1. The van der Waals surface area contributed by atoms with Gasteiger partial charge in [0.25, 0.3) is 0 Å². The average molecular weight is 229 g/mol. The van der Waals surface area contributed by atoms with Gasteiger partial charge in [0.15, 0.2) is 0 Å². The van der Waals surface area contributed by atoms with Gasteiger partial charge in [-0.2, -0.15) is 0 Å². The SMILES string of the molecule is O=C(O)c1cc2c([nH]1)c(=O)oc1ccccc12. The molecule has 17 heavy (non-hydrogen) atoms. The summed E-state index contributed by atoms with van der Waals surface area (Å²) in [5, 5.41) is 10.2. The van der Waals surface area contributed by atoms with Crippen molar-refractivity contribution in [1.29, 1.82) is 0 Å². The summed E-state index contributed by atoms with van der Waals surface area (Å²) >= 11 is 0. The first kappa shape index (κ1) is 9.65. The second-order valence-electron chi connectivity index (χ2n) is 3.66. The first-order chi connectivity index (χ1) is 8.16. The molecule has 0 aliphatic carbocycles. The van der Waals surface area contributed by atoms with Crippen molar-refractivity contribution in [3.05, 3.63) is 46.4 Å². The second-order valence-corrected chi connectivity index (χ2v) is 3.66. The molecule has 0 fully saturated rings. The van der Waals surface area contributed by atoms with Gasteiger partial charge in [0.2, 0.25) is 0 Å². The van der Waals surface area contributed by atoms with Crippen molar-refractivity contribution < 1.29 is 14.3 Å². The number of carbonyl (C=O) groups is 1. The molecule has 0 aliphatic heterocycles. The Morgan fingerprint density at radius 3 is 2.76 bits per heavy atom. The van der Waals surface area contributed by atoms with E-state index in [0.29, 0.717) is 16.4 Å². The van der Waals surface area contributed by atoms with Crippen LogP contribution in [0.2, 0.25) is 0 Å². The number of fused-ring (bicyclic) bond motifs is 3. The highest BCUT2D eigenvalue weighted by Gasteiger charge is 2.13. The quantitative estimate of drug-likeness (QED) is 0.625. The zero-order valence-corrected chi connectivity index (χ0v) is 8.56. The van der Waals surface area contributed by atoms with Gasteiger partial charge in [0.1, 0.15) is 16.8 Å². The summed E-state index contributed by atoms with van der Waals surface area (Å²) in [5.41, 5.74) is 0.0388. The molecule has 84 valence electrons. The lowest BCUT2D eigenvalue weighted by Crippen LogP contribution is -2.00. The minimum absolute atomic E-state index is 0.0244. The number of aromatic nitrogens is 1. The summed E-state index contributed by atoms with van der Waals surface area (Å²) < 4.78 is 5.09. The Morgan fingerprint density at radius 2 is 2.00 bits per heavy atom. The molecule has 2 aromatic heterocycles. The summed E-state index contributed by atoms with van der Waals surface area (Å²) in [6, 6.07) is 8.44. The Labute approximate surface area is 94.3 Å². The van der Waals surface area contributed by atoms with Crippen LogP contribution in [0, 0.1) is 0 Å². The summed E-state index contributed by atoms with van der Waals surface area (Å²) in [6.45, 7) is 0. The second kappa shape index (κ2) is 3.21. The maximum absolute atomic E-state index is 11.6. The molecule has 2 N–H and O–H groups in total. The fraction of sp³-hybridized carbons (Fsp3) is 0. The minimum atomic E-state index is -1.11. The van der Waals surface area contributed by atoms with E-state index in [1.807, 2.05) is 0 Å². The van der Waals surface area contributed by atoms with E-state index in [-0.39, 0.29) is 11.2 Å². The number of rotatable bonds is 1. The predicted molar refractivity (Wildman–Crippen MR) is 61.3 cm³/mol. The Morgan fingerprint density at radius 1 is 1.24 bits per heavy atom. The van der Waals surface area contributed by atoms with Crippen molar-refractivity contribution in [2.45, 2.75) is 0 Å². The van der Waals surface area contributed by atoms with E-state index in [9.17, 15) is 9.59 Å². The van der Waals surface area contributed by atoms with Crippen LogP contribution >= 0.6 is 0 Å². The molecule has 5 heteroatoms. The highest BCUT2D eigenvalue weighted by molar-refractivity contribution is 6.06. The molecule has 0 aliphatic rings. The molecule has 3 aromatic rings. The van der Waals surface area contributed by atoms with Crippen LogP contribution in [0.1, 0.15) is 10.5 Å². The van der Waals surface area contributed by atoms with Crippen molar-refractivity contribution in [1.82, 2.24) is 4.98 Å². The van der Waals surface area contributed by atoms with Crippen LogP contribution in [-0.2, 0) is 0 Å². The van der Waals surface area contributed by atoms with Crippen molar-refractivity contribution >= 4 is 27.8 Å². The van der Waals surface area contributed by atoms with E-state index < -0.39 is 11.6 Å². The van der Waals surface area contributed by atoms with E-state index in [1.54, 1.807) is 24.3 Å². The smallest absolute Gasteiger partial charge is 0.360 e. The lowest BCUT2D eigenvalue weighted by atomic mass is 10.1. The number of aromatic amines is 1. The van der Waals surface area contributed by atoms with Crippen LogP contribution in [0.3, 0.4) is 0 Å². The van der Waals surface area contributed by atoms with Gasteiger partial charge in [-0.25, -0.2) is 9.59 Å². The lowest BCUT2D eigenvalue weighted by Gasteiger charge is -1.96. The van der Waals surface area contributed by atoms with Crippen LogP contribution in [-0.4, -0.2) is 16.1 Å². The van der Waals surface area contributed by atoms with Crippen LogP contribution in [0.5, 0.6) is 0 Å². The molecule has 0 saturated heterocycles. The molecule has 3 rings (SSSR count). The number of aromatic carboxylic acids is 1. The highest BCUT2D eigenvalue weighted by atomic mass is 16.4. The van der Waals surface area contributed by atoms with E-state index >= 15 is 0 Å². The Hall–Kier alpha value is -2.56. The Bertz CT molecular complexity index is 797. The van der Waals surface area contributed by atoms with Gasteiger partial charge in [-0.05, 0) is 12.1 Å². The zero-order valence-electron chi connectivity index (χ0n) is 8.56. The van der Waals surface area contributed by atoms with Crippen molar-refractivity contribution in [2.24, 2.45) is 0 Å². The summed E-state index contributed by atoms with van der Waals surface area (Å²) in [7, 11) is 0. The third-order valence-corrected chi connectivity index (χ3v) is 2.63. The minimum Gasteiger partial charge on any atom is -0.477 e. The van der Waals surface area contributed by atoms with Gasteiger partial charge in [-0.1, -0.05) is 18.2 Å². The molecule has 0 saturated carbocycles. The van der Waals surface area contributed by atoms with Gasteiger partial charge in [0.05, 0.1) is 0 Å². The Kier molecular flexibility index (Phi) is 1.82. The average Bonchev–Trinajstić information content (AvgIpc) is 2.75. The third-order valence-electron chi connectivity index (χ3n) is 2.63. The maximum atomic E-state index is 11.6. The molecule has 0 radical (unpaired) electrons. The van der Waals surface area contributed by atoms with E-state index in [4.69, 9.17) is 9.52 Å². The molecular formula is C12H7NO4. The molecule has 0 atom stereocenters.